The van der Waals surface area contributed by atoms with Gasteiger partial charge in [0, 0.05) is 13.1 Å². The van der Waals surface area contributed by atoms with Gasteiger partial charge in [-0.2, -0.15) is 0 Å². The summed E-state index contributed by atoms with van der Waals surface area (Å²) in [6, 6.07) is 0.303. The fourth-order valence-corrected chi connectivity index (χ4v) is 2.59. The van der Waals surface area contributed by atoms with Crippen molar-refractivity contribution in [1.82, 2.24) is 15.3 Å². The summed E-state index contributed by atoms with van der Waals surface area (Å²) in [4.78, 5) is 12.5. The van der Waals surface area contributed by atoms with Gasteiger partial charge in [-0.05, 0) is 18.1 Å². The zero-order valence-electron chi connectivity index (χ0n) is 9.47. The third kappa shape index (κ3) is 1.72. The molecule has 1 amide bonds. The van der Waals surface area contributed by atoms with E-state index in [1.807, 2.05) is 12.2 Å². The number of carbonyl (C=O) groups is 1. The predicted octanol–water partition coefficient (Wildman–Crippen LogP) is 0.939. The molecule has 0 aromatic heterocycles. The molecule has 3 rings (SSSR count). The van der Waals surface area contributed by atoms with Gasteiger partial charge >= 0.3 is 6.09 Å². The second kappa shape index (κ2) is 3.92. The number of rotatable bonds is 0. The zero-order valence-corrected chi connectivity index (χ0v) is 9.47. The number of amides is 1. The van der Waals surface area contributed by atoms with Gasteiger partial charge in [0.2, 0.25) is 0 Å². The first-order valence-electron chi connectivity index (χ1n) is 5.83. The SMILES string of the molecule is O=C(O)N1CCC2NN3CC=CC=CC3=C2C1. The minimum absolute atomic E-state index is 0.303. The lowest BCUT2D eigenvalue weighted by Gasteiger charge is -2.29. The van der Waals surface area contributed by atoms with Crippen molar-refractivity contribution in [2.75, 3.05) is 19.6 Å². The Kier molecular flexibility index (Phi) is 2.40. The lowest BCUT2D eigenvalue weighted by molar-refractivity contribution is 0.139. The van der Waals surface area contributed by atoms with E-state index >= 15 is 0 Å². The Hall–Kier alpha value is -1.75. The van der Waals surface area contributed by atoms with E-state index in [9.17, 15) is 4.79 Å². The molecular formula is C12H15N3O2. The van der Waals surface area contributed by atoms with E-state index in [2.05, 4.69) is 22.6 Å². The molecule has 0 bridgehead atoms. The summed E-state index contributed by atoms with van der Waals surface area (Å²) in [6.07, 6.45) is 8.18. The van der Waals surface area contributed by atoms with Crippen molar-refractivity contribution in [3.63, 3.8) is 0 Å². The molecule has 3 aliphatic rings. The molecule has 0 aromatic carbocycles. The molecule has 3 heterocycles. The summed E-state index contributed by atoms with van der Waals surface area (Å²) in [6.45, 7) is 1.95. The van der Waals surface area contributed by atoms with Crippen molar-refractivity contribution in [2.45, 2.75) is 12.5 Å². The monoisotopic (exact) mass is 233 g/mol. The summed E-state index contributed by atoms with van der Waals surface area (Å²) in [5.41, 5.74) is 5.76. The highest BCUT2D eigenvalue weighted by atomic mass is 16.4. The van der Waals surface area contributed by atoms with Crippen LogP contribution < -0.4 is 5.43 Å². The molecule has 0 aliphatic carbocycles. The van der Waals surface area contributed by atoms with Crippen LogP contribution in [0.5, 0.6) is 0 Å². The Balaban J connectivity index is 1.90. The van der Waals surface area contributed by atoms with Crippen molar-refractivity contribution >= 4 is 6.09 Å². The average molecular weight is 233 g/mol. The maximum atomic E-state index is 11.0. The maximum absolute atomic E-state index is 11.0. The van der Waals surface area contributed by atoms with E-state index in [1.54, 1.807) is 0 Å². The maximum Gasteiger partial charge on any atom is 0.407 e. The molecule has 3 aliphatic heterocycles. The van der Waals surface area contributed by atoms with E-state index in [1.165, 1.54) is 10.5 Å². The number of piperidine rings is 1. The molecule has 17 heavy (non-hydrogen) atoms. The van der Waals surface area contributed by atoms with Crippen LogP contribution in [0.4, 0.5) is 4.79 Å². The number of nitrogens with zero attached hydrogens (tertiary/aromatic N) is 2. The van der Waals surface area contributed by atoms with Crippen LogP contribution in [0, 0.1) is 0 Å². The number of carboxylic acid groups (broad SMARTS) is 1. The standard InChI is InChI=1S/C12H15N3O2/c16-12(17)14-7-5-10-9(8-14)11-4-2-1-3-6-15(11)13-10/h1-4,10,13H,5-8H2,(H,16,17). The fourth-order valence-electron chi connectivity index (χ4n) is 2.59. The van der Waals surface area contributed by atoms with Crippen LogP contribution in [0.3, 0.4) is 0 Å². The predicted molar refractivity (Wildman–Crippen MR) is 63.2 cm³/mol. The zero-order chi connectivity index (χ0) is 11.8. The quantitative estimate of drug-likeness (QED) is 0.654. The van der Waals surface area contributed by atoms with Gasteiger partial charge in [-0.1, -0.05) is 18.2 Å². The van der Waals surface area contributed by atoms with Crippen LogP contribution in [0.25, 0.3) is 0 Å². The van der Waals surface area contributed by atoms with Crippen molar-refractivity contribution in [3.05, 3.63) is 35.6 Å². The van der Waals surface area contributed by atoms with Gasteiger partial charge in [0.25, 0.3) is 0 Å². The molecule has 1 unspecified atom stereocenters. The first-order valence-corrected chi connectivity index (χ1v) is 5.83. The van der Waals surface area contributed by atoms with Crippen molar-refractivity contribution < 1.29 is 9.90 Å². The van der Waals surface area contributed by atoms with Crippen LogP contribution >= 0.6 is 0 Å². The molecule has 0 saturated carbocycles. The number of hydrazine groups is 1. The average Bonchev–Trinajstić information content (AvgIpc) is 2.51. The van der Waals surface area contributed by atoms with Gasteiger partial charge in [0.1, 0.15) is 0 Å². The highest BCUT2D eigenvalue weighted by Crippen LogP contribution is 2.29. The topological polar surface area (TPSA) is 55.8 Å². The van der Waals surface area contributed by atoms with Gasteiger partial charge in [-0.3, -0.25) is 0 Å². The molecule has 5 heteroatoms. The molecule has 1 fully saturated rings. The number of likely N-dealkylation sites (tertiary alicyclic amines) is 1. The van der Waals surface area contributed by atoms with Crippen LogP contribution in [-0.4, -0.2) is 46.8 Å². The third-order valence-electron chi connectivity index (χ3n) is 3.46. The van der Waals surface area contributed by atoms with Crippen LogP contribution in [0.15, 0.2) is 35.6 Å². The molecule has 5 nitrogen and oxygen atoms in total. The Morgan fingerprint density at radius 2 is 2.35 bits per heavy atom. The van der Waals surface area contributed by atoms with E-state index in [4.69, 9.17) is 5.11 Å². The summed E-state index contributed by atoms with van der Waals surface area (Å²) in [5.74, 6) is 0. The number of nitrogens with one attached hydrogen (secondary N) is 1. The minimum atomic E-state index is -0.828. The Morgan fingerprint density at radius 3 is 3.18 bits per heavy atom. The second-order valence-electron chi connectivity index (χ2n) is 4.48. The van der Waals surface area contributed by atoms with Crippen molar-refractivity contribution in [3.8, 4) is 0 Å². The van der Waals surface area contributed by atoms with E-state index < -0.39 is 6.09 Å². The minimum Gasteiger partial charge on any atom is -0.465 e. The lowest BCUT2D eigenvalue weighted by Crippen LogP contribution is -2.45. The normalized spacial score (nSPS) is 26.9. The largest absolute Gasteiger partial charge is 0.465 e. The van der Waals surface area contributed by atoms with Gasteiger partial charge in [-0.25, -0.2) is 10.2 Å². The number of fused-ring (bicyclic) bond motifs is 2. The number of allylic oxidation sites excluding steroid dienone is 3. The lowest BCUT2D eigenvalue weighted by atomic mass is 9.99. The van der Waals surface area contributed by atoms with Gasteiger partial charge < -0.3 is 15.0 Å². The highest BCUT2D eigenvalue weighted by Gasteiger charge is 2.35. The summed E-state index contributed by atoms with van der Waals surface area (Å²) in [7, 11) is 0. The first kappa shape index (κ1) is 10.4. The molecular weight excluding hydrogens is 218 g/mol. The molecule has 0 radical (unpaired) electrons. The molecule has 1 saturated heterocycles. The number of hydrogen-bond acceptors (Lipinski definition) is 3. The summed E-state index contributed by atoms with van der Waals surface area (Å²) < 4.78 is 0. The first-order chi connectivity index (χ1) is 8.25. The van der Waals surface area contributed by atoms with Gasteiger partial charge in [-0.15, -0.1) is 0 Å². The Bertz CT molecular complexity index is 439. The van der Waals surface area contributed by atoms with Crippen LogP contribution in [0.2, 0.25) is 0 Å². The Labute approximate surface area is 99.7 Å². The Morgan fingerprint density at radius 1 is 1.47 bits per heavy atom. The summed E-state index contributed by atoms with van der Waals surface area (Å²) >= 11 is 0. The van der Waals surface area contributed by atoms with Gasteiger partial charge in [0.15, 0.2) is 0 Å². The van der Waals surface area contributed by atoms with E-state index in [0.29, 0.717) is 19.1 Å². The van der Waals surface area contributed by atoms with Crippen LogP contribution in [0.1, 0.15) is 6.42 Å². The molecule has 0 aromatic rings. The van der Waals surface area contributed by atoms with E-state index in [-0.39, 0.29) is 0 Å². The molecule has 90 valence electrons. The smallest absolute Gasteiger partial charge is 0.407 e. The fraction of sp³-hybridized carbons (Fsp3) is 0.417. The second-order valence-corrected chi connectivity index (χ2v) is 4.48. The number of hydrogen-bond donors (Lipinski definition) is 2. The highest BCUT2D eigenvalue weighted by molar-refractivity contribution is 5.66. The van der Waals surface area contributed by atoms with Crippen molar-refractivity contribution in [1.29, 1.82) is 0 Å². The third-order valence-corrected chi connectivity index (χ3v) is 3.46. The van der Waals surface area contributed by atoms with Crippen molar-refractivity contribution in [2.24, 2.45) is 0 Å². The van der Waals surface area contributed by atoms with E-state index in [0.717, 1.165) is 18.7 Å². The summed E-state index contributed by atoms with van der Waals surface area (Å²) in [5, 5.41) is 11.2. The molecule has 2 N–H and O–H groups in total. The van der Waals surface area contributed by atoms with Crippen LogP contribution in [-0.2, 0) is 0 Å². The van der Waals surface area contributed by atoms with Gasteiger partial charge in [0.05, 0.1) is 18.3 Å². The molecule has 1 atom stereocenters. The molecule has 0 spiro atoms.